The molecule has 0 unspecified atom stereocenters. The van der Waals surface area contributed by atoms with Crippen molar-refractivity contribution in [2.24, 2.45) is 0 Å². The first-order valence-corrected chi connectivity index (χ1v) is 11.5. The molecule has 0 saturated carbocycles. The van der Waals surface area contributed by atoms with Crippen LogP contribution in [0.4, 0.5) is 0 Å². The van der Waals surface area contributed by atoms with E-state index in [0.717, 1.165) is 35.5 Å². The Kier molecular flexibility index (Phi) is 8.53. The molecule has 3 aromatic heterocycles. The average Bonchev–Trinajstić information content (AvgIpc) is 3.43. The van der Waals surface area contributed by atoms with Crippen LogP contribution in [0.3, 0.4) is 0 Å². The fraction of sp³-hybridized carbons (Fsp3) is 0.500. The summed E-state index contributed by atoms with van der Waals surface area (Å²) in [5, 5.41) is 0. The molecule has 0 amide bonds. The number of halogens is 1. The van der Waals surface area contributed by atoms with E-state index in [-0.39, 0.29) is 0 Å². The van der Waals surface area contributed by atoms with Crippen LogP contribution in [0.5, 0.6) is 0 Å². The molecule has 0 spiro atoms. The summed E-state index contributed by atoms with van der Waals surface area (Å²) >= 11 is 3.43. The number of furan rings is 2. The van der Waals surface area contributed by atoms with Crippen LogP contribution in [0.25, 0.3) is 11.3 Å². The molecule has 0 aliphatic rings. The lowest BCUT2D eigenvalue weighted by Gasteiger charge is -2.03. The molecule has 1 N–H and O–H groups in total. The topological polar surface area (TPSA) is 42.1 Å². The van der Waals surface area contributed by atoms with E-state index in [1.807, 2.05) is 12.1 Å². The van der Waals surface area contributed by atoms with E-state index in [9.17, 15) is 0 Å². The second-order valence-corrected chi connectivity index (χ2v) is 8.38. The smallest absolute Gasteiger partial charge is 0.169 e. The van der Waals surface area contributed by atoms with E-state index < -0.39 is 0 Å². The molecule has 3 aromatic rings. The second kappa shape index (κ2) is 11.4. The van der Waals surface area contributed by atoms with Gasteiger partial charge in [0.25, 0.3) is 0 Å². The Morgan fingerprint density at radius 3 is 2.39 bits per heavy atom. The molecule has 152 valence electrons. The van der Waals surface area contributed by atoms with Crippen LogP contribution in [0.1, 0.15) is 75.4 Å². The van der Waals surface area contributed by atoms with Crippen molar-refractivity contribution in [3.63, 3.8) is 0 Å². The normalized spacial score (nSPS) is 11.4. The Bertz CT molecular complexity index is 801. The number of nitrogens with one attached hydrogen (secondary N) is 1. The van der Waals surface area contributed by atoms with Crippen molar-refractivity contribution in [1.29, 1.82) is 0 Å². The standard InChI is InChI=1S/C24H32BrNO2/c1-2-3-4-7-11-19-18-21(23-15-16-24(25)28-23)22(26-19)14-9-6-5-8-12-20-13-10-17-27-20/h10,13,15-18,26H,2-9,11-12,14H2,1H3. The number of hydrogen-bond acceptors (Lipinski definition) is 2. The van der Waals surface area contributed by atoms with E-state index in [1.165, 1.54) is 68.3 Å². The minimum atomic E-state index is 0.789. The highest BCUT2D eigenvalue weighted by molar-refractivity contribution is 9.10. The van der Waals surface area contributed by atoms with Crippen LogP contribution in [-0.2, 0) is 19.3 Å². The summed E-state index contributed by atoms with van der Waals surface area (Å²) < 4.78 is 12.0. The van der Waals surface area contributed by atoms with Crippen LogP contribution in [0, 0.1) is 0 Å². The summed E-state index contributed by atoms with van der Waals surface area (Å²) in [4.78, 5) is 3.69. The SMILES string of the molecule is CCCCCCc1cc(-c2ccc(Br)o2)c(CCCCCCc2ccco2)[nH]1. The first-order valence-electron chi connectivity index (χ1n) is 10.7. The first-order chi connectivity index (χ1) is 13.8. The number of unbranched alkanes of at least 4 members (excludes halogenated alkanes) is 6. The molecule has 0 bridgehead atoms. The van der Waals surface area contributed by atoms with Gasteiger partial charge in [0, 0.05) is 23.4 Å². The van der Waals surface area contributed by atoms with E-state index in [4.69, 9.17) is 8.83 Å². The Balaban J connectivity index is 1.51. The Morgan fingerprint density at radius 1 is 0.893 bits per heavy atom. The molecule has 0 radical (unpaired) electrons. The van der Waals surface area contributed by atoms with E-state index in [0.29, 0.717) is 0 Å². The van der Waals surface area contributed by atoms with Crippen LogP contribution in [0.15, 0.2) is 50.1 Å². The highest BCUT2D eigenvalue weighted by atomic mass is 79.9. The van der Waals surface area contributed by atoms with Gasteiger partial charge in [-0.25, -0.2) is 0 Å². The molecule has 28 heavy (non-hydrogen) atoms. The van der Waals surface area contributed by atoms with Crippen molar-refractivity contribution >= 4 is 15.9 Å². The number of aromatic nitrogens is 1. The van der Waals surface area contributed by atoms with Gasteiger partial charge < -0.3 is 13.8 Å². The predicted molar refractivity (Wildman–Crippen MR) is 119 cm³/mol. The fourth-order valence-electron chi connectivity index (χ4n) is 3.72. The molecule has 0 aliphatic carbocycles. The van der Waals surface area contributed by atoms with Gasteiger partial charge in [0.05, 0.1) is 6.26 Å². The van der Waals surface area contributed by atoms with Gasteiger partial charge in [-0.3, -0.25) is 0 Å². The van der Waals surface area contributed by atoms with Crippen LogP contribution >= 0.6 is 15.9 Å². The van der Waals surface area contributed by atoms with Crippen molar-refractivity contribution < 1.29 is 8.83 Å². The Labute approximate surface area is 177 Å². The summed E-state index contributed by atoms with van der Waals surface area (Å²) in [5.41, 5.74) is 3.89. The number of hydrogen-bond donors (Lipinski definition) is 1. The van der Waals surface area contributed by atoms with Gasteiger partial charge in [-0.2, -0.15) is 0 Å². The largest absolute Gasteiger partial charge is 0.469 e. The highest BCUT2D eigenvalue weighted by Crippen LogP contribution is 2.30. The lowest BCUT2D eigenvalue weighted by atomic mass is 10.1. The van der Waals surface area contributed by atoms with Crippen LogP contribution in [0.2, 0.25) is 0 Å². The van der Waals surface area contributed by atoms with E-state index >= 15 is 0 Å². The summed E-state index contributed by atoms with van der Waals surface area (Å²) in [7, 11) is 0. The lowest BCUT2D eigenvalue weighted by Crippen LogP contribution is -1.91. The molecule has 3 heterocycles. The summed E-state index contributed by atoms with van der Waals surface area (Å²) in [6.07, 6.45) is 15.0. The third kappa shape index (κ3) is 6.44. The zero-order valence-electron chi connectivity index (χ0n) is 16.9. The maximum absolute atomic E-state index is 5.84. The molecule has 0 saturated heterocycles. The lowest BCUT2D eigenvalue weighted by molar-refractivity contribution is 0.493. The zero-order chi connectivity index (χ0) is 19.6. The van der Waals surface area contributed by atoms with Gasteiger partial charge in [0.1, 0.15) is 11.5 Å². The third-order valence-corrected chi connectivity index (χ3v) is 5.70. The summed E-state index contributed by atoms with van der Waals surface area (Å²) in [5.74, 6) is 2.05. The molecule has 0 aliphatic heterocycles. The van der Waals surface area contributed by atoms with E-state index in [1.54, 1.807) is 6.26 Å². The van der Waals surface area contributed by atoms with Crippen molar-refractivity contribution in [2.75, 3.05) is 0 Å². The molecule has 0 fully saturated rings. The van der Waals surface area contributed by atoms with Gasteiger partial charge in [0.2, 0.25) is 0 Å². The maximum atomic E-state index is 5.84. The van der Waals surface area contributed by atoms with Gasteiger partial charge in [-0.05, 0) is 78.4 Å². The summed E-state index contributed by atoms with van der Waals surface area (Å²) in [6.45, 7) is 2.26. The third-order valence-electron chi connectivity index (χ3n) is 5.27. The minimum absolute atomic E-state index is 0.789. The number of H-pyrrole nitrogens is 1. The zero-order valence-corrected chi connectivity index (χ0v) is 18.5. The number of aryl methyl sites for hydroxylation is 3. The van der Waals surface area contributed by atoms with Gasteiger partial charge in [0.15, 0.2) is 4.67 Å². The predicted octanol–water partition coefficient (Wildman–Crippen LogP) is 8.10. The number of rotatable bonds is 13. The maximum Gasteiger partial charge on any atom is 0.169 e. The number of aromatic amines is 1. The van der Waals surface area contributed by atoms with Crippen molar-refractivity contribution in [2.45, 2.75) is 77.6 Å². The van der Waals surface area contributed by atoms with Gasteiger partial charge in [-0.15, -0.1) is 0 Å². The van der Waals surface area contributed by atoms with Gasteiger partial charge >= 0.3 is 0 Å². The molecule has 0 aromatic carbocycles. The minimum Gasteiger partial charge on any atom is -0.469 e. The molecular formula is C24H32BrNO2. The van der Waals surface area contributed by atoms with Crippen molar-refractivity contribution in [3.05, 3.63) is 58.4 Å². The van der Waals surface area contributed by atoms with Crippen LogP contribution < -0.4 is 0 Å². The van der Waals surface area contributed by atoms with Crippen molar-refractivity contribution in [3.8, 4) is 11.3 Å². The molecule has 3 rings (SSSR count). The fourth-order valence-corrected chi connectivity index (χ4v) is 4.03. The first kappa shape index (κ1) is 21.0. The Morgan fingerprint density at radius 2 is 1.68 bits per heavy atom. The molecule has 3 nitrogen and oxygen atoms in total. The summed E-state index contributed by atoms with van der Waals surface area (Å²) in [6, 6.07) is 10.4. The van der Waals surface area contributed by atoms with Gasteiger partial charge in [-0.1, -0.05) is 39.0 Å². The Hall–Kier alpha value is -1.68. The molecule has 4 heteroatoms. The van der Waals surface area contributed by atoms with Crippen molar-refractivity contribution in [1.82, 2.24) is 4.98 Å². The monoisotopic (exact) mass is 445 g/mol. The van der Waals surface area contributed by atoms with Crippen LogP contribution in [-0.4, -0.2) is 4.98 Å². The van der Waals surface area contributed by atoms with E-state index in [2.05, 4.69) is 46.0 Å². The molecular weight excluding hydrogens is 414 g/mol. The quantitative estimate of drug-likeness (QED) is 0.270. The average molecular weight is 446 g/mol. The molecule has 0 atom stereocenters. The second-order valence-electron chi connectivity index (χ2n) is 7.59. The highest BCUT2D eigenvalue weighted by Gasteiger charge is 2.13.